The Bertz CT molecular complexity index is 4200. The Kier molecular flexibility index (Phi) is 13.5. The molecule has 0 aliphatic heterocycles. The van der Waals surface area contributed by atoms with Gasteiger partial charge in [-0.15, -0.1) is 44.8 Å². The maximum absolute atomic E-state index is 2.37. The molecule has 16 rings (SSSR count). The van der Waals surface area contributed by atoms with Crippen LogP contribution in [0.1, 0.15) is 11.1 Å². The van der Waals surface area contributed by atoms with Gasteiger partial charge in [-0.2, -0.15) is 12.1 Å². The molecule has 0 aromatic heterocycles. The molecule has 0 aliphatic carbocycles. The van der Waals surface area contributed by atoms with Gasteiger partial charge in [0.1, 0.15) is 0 Å². The van der Waals surface area contributed by atoms with E-state index in [1.54, 1.807) is 0 Å². The summed E-state index contributed by atoms with van der Waals surface area (Å²) in [4.78, 5) is 0. The van der Waals surface area contributed by atoms with Gasteiger partial charge in [0, 0.05) is 9.52 Å². The van der Waals surface area contributed by atoms with Gasteiger partial charge in [-0.25, -0.2) is 0 Å². The molecular formula is C78H56SiZr. The average molecular weight is 1110 g/mol. The number of benzene rings is 14. The molecule has 0 bridgehead atoms. The van der Waals surface area contributed by atoms with Crippen molar-refractivity contribution in [3.63, 3.8) is 0 Å². The molecule has 0 saturated heterocycles. The van der Waals surface area contributed by atoms with Crippen molar-refractivity contribution in [3.05, 3.63) is 278 Å². The zero-order valence-electron chi connectivity index (χ0n) is 45.4. The number of hydrogen-bond donors (Lipinski definition) is 0. The van der Waals surface area contributed by atoms with Crippen LogP contribution in [0, 0.1) is 13.8 Å². The zero-order valence-corrected chi connectivity index (χ0v) is 48.9. The van der Waals surface area contributed by atoms with Crippen molar-refractivity contribution in [3.8, 4) is 44.5 Å². The van der Waals surface area contributed by atoms with Gasteiger partial charge in [0.05, 0.1) is 0 Å². The molecule has 80 heavy (non-hydrogen) atoms. The summed E-state index contributed by atoms with van der Waals surface area (Å²) in [7, 11) is 1.08. The molecule has 0 nitrogen and oxygen atoms in total. The summed E-state index contributed by atoms with van der Waals surface area (Å²) in [6.07, 6.45) is 0. The first kappa shape index (κ1) is 51.0. The fourth-order valence-electron chi connectivity index (χ4n) is 13.0. The van der Waals surface area contributed by atoms with Gasteiger partial charge in [-0.05, 0) is 133 Å². The molecular weight excluding hydrogens is 1060 g/mol. The number of hydrogen-bond acceptors (Lipinski definition) is 0. The van der Waals surface area contributed by atoms with Crippen molar-refractivity contribution in [2.24, 2.45) is 0 Å². The van der Waals surface area contributed by atoms with Gasteiger partial charge >= 0.3 is 26.2 Å². The van der Waals surface area contributed by atoms with Gasteiger partial charge in [0.25, 0.3) is 0 Å². The van der Waals surface area contributed by atoms with Crippen molar-refractivity contribution < 1.29 is 26.2 Å². The van der Waals surface area contributed by atoms with Crippen molar-refractivity contribution in [1.82, 2.24) is 0 Å². The quantitative estimate of drug-likeness (QED) is 0.0936. The topological polar surface area (TPSA) is 0 Å². The summed E-state index contributed by atoms with van der Waals surface area (Å²) in [5, 5.41) is 25.9. The monoisotopic (exact) mass is 1110 g/mol. The second-order valence-corrected chi connectivity index (χ2v) is 22.3. The van der Waals surface area contributed by atoms with Crippen LogP contribution in [0.15, 0.2) is 267 Å². The van der Waals surface area contributed by atoms with E-state index in [4.69, 9.17) is 0 Å². The third-order valence-electron chi connectivity index (χ3n) is 16.2. The second kappa shape index (κ2) is 21.3. The zero-order chi connectivity index (χ0) is 53.1. The van der Waals surface area contributed by atoms with E-state index in [1.165, 1.54) is 163 Å². The van der Waals surface area contributed by atoms with E-state index in [0.29, 0.717) is 0 Å². The third-order valence-corrected chi connectivity index (χ3v) is 16.2. The number of rotatable bonds is 4. The molecule has 0 aliphatic rings. The van der Waals surface area contributed by atoms with E-state index in [9.17, 15) is 0 Å². The largest absolute Gasteiger partial charge is 2.00 e. The second-order valence-electron chi connectivity index (χ2n) is 21.3. The van der Waals surface area contributed by atoms with Gasteiger partial charge in [-0.3, -0.25) is 0 Å². The third kappa shape index (κ3) is 8.70. The molecule has 0 saturated carbocycles. The van der Waals surface area contributed by atoms with Crippen LogP contribution in [0.3, 0.4) is 0 Å². The Balaban J connectivity index is 0.000000143. The summed E-state index contributed by atoms with van der Waals surface area (Å²) < 4.78 is 0. The van der Waals surface area contributed by atoms with Crippen molar-refractivity contribution >= 4 is 117 Å². The molecule has 0 heterocycles. The van der Waals surface area contributed by atoms with Crippen LogP contribution in [0.4, 0.5) is 0 Å². The average Bonchev–Trinajstić information content (AvgIpc) is 4.22. The molecule has 376 valence electrons. The maximum atomic E-state index is 2.37. The van der Waals surface area contributed by atoms with E-state index in [0.717, 1.165) is 9.52 Å². The Hall–Kier alpha value is -8.52. The van der Waals surface area contributed by atoms with E-state index in [1.807, 2.05) is 0 Å². The summed E-state index contributed by atoms with van der Waals surface area (Å²) >= 11 is 0. The molecule has 16 aromatic carbocycles. The maximum Gasteiger partial charge on any atom is 2.00 e. The van der Waals surface area contributed by atoms with E-state index < -0.39 is 0 Å². The first-order valence-corrected chi connectivity index (χ1v) is 29.6. The Labute approximate surface area is 489 Å². The van der Waals surface area contributed by atoms with E-state index in [2.05, 4.69) is 294 Å². The fourth-order valence-corrected chi connectivity index (χ4v) is 13.0. The minimum Gasteiger partial charge on any atom is -0.165 e. The first-order chi connectivity index (χ1) is 38.9. The fraction of sp³-hybridized carbons (Fsp3) is 0.0513. The SMILES string of the molecule is C[Si]C.Cc1cc2c(-c3c4ccccc4cc4ccccc34)ccc(-c3c4ccccc4cc4ccccc34)c2[cH-]1.Cc1cc2c(-c3c4ccccc4cc4ccccc34)ccc(-c3c4ccccc4cc4ccccc34)c2[cH-]1.[Zr+2]. The minimum absolute atomic E-state index is 0. The van der Waals surface area contributed by atoms with E-state index >= 15 is 0 Å². The smallest absolute Gasteiger partial charge is 0.165 e. The van der Waals surface area contributed by atoms with Gasteiger partial charge < -0.3 is 0 Å². The van der Waals surface area contributed by atoms with Crippen LogP contribution in [0.5, 0.6) is 0 Å². The normalized spacial score (nSPS) is 11.4. The van der Waals surface area contributed by atoms with Crippen molar-refractivity contribution in [1.29, 1.82) is 0 Å². The molecule has 0 N–H and O–H groups in total. The molecule has 0 unspecified atom stereocenters. The Morgan fingerprint density at radius 3 is 0.650 bits per heavy atom. The van der Waals surface area contributed by atoms with E-state index in [-0.39, 0.29) is 26.2 Å². The predicted molar refractivity (Wildman–Crippen MR) is 348 cm³/mol. The minimum atomic E-state index is 0. The molecule has 2 radical (unpaired) electrons. The first-order valence-electron chi connectivity index (χ1n) is 27.6. The van der Waals surface area contributed by atoms with Crippen LogP contribution in [-0.2, 0) is 26.2 Å². The Morgan fingerprint density at radius 1 is 0.237 bits per heavy atom. The molecule has 0 atom stereocenters. The summed E-state index contributed by atoms with van der Waals surface area (Å²) in [5.41, 5.74) is 13.1. The van der Waals surface area contributed by atoms with Gasteiger partial charge in [0.15, 0.2) is 0 Å². The van der Waals surface area contributed by atoms with Crippen LogP contribution >= 0.6 is 0 Å². The molecule has 0 fully saturated rings. The molecule has 0 spiro atoms. The van der Waals surface area contributed by atoms with Crippen LogP contribution < -0.4 is 0 Å². The Morgan fingerprint density at radius 2 is 0.425 bits per heavy atom. The van der Waals surface area contributed by atoms with Crippen molar-refractivity contribution in [2.75, 3.05) is 0 Å². The van der Waals surface area contributed by atoms with Crippen molar-refractivity contribution in [2.45, 2.75) is 26.9 Å². The summed E-state index contributed by atoms with van der Waals surface area (Å²) in [6.45, 7) is 8.74. The number of aryl methyl sites for hydroxylation is 2. The molecule has 0 amide bonds. The standard InChI is InChI=1S/2C38H25.C2H6Si.Zr/c2*1-24-20-35-33(37-29-14-6-2-10-25(29)22-26-11-3-7-15-30(26)37)18-19-34(36(35)21-24)38-31-16-8-4-12-27(31)23-28-13-5-9-17-32(28)38;1-3-2;/h2*2-23H,1H3;1-2H3;/q2*-1;;+2. The predicted octanol–water partition coefficient (Wildman–Crippen LogP) is 22.4. The summed E-state index contributed by atoms with van der Waals surface area (Å²) in [6, 6.07) is 98.6. The van der Waals surface area contributed by atoms with Crippen LogP contribution in [0.25, 0.3) is 152 Å². The van der Waals surface area contributed by atoms with Crippen LogP contribution in [-0.4, -0.2) is 9.52 Å². The van der Waals surface area contributed by atoms with Gasteiger partial charge in [0.2, 0.25) is 0 Å². The molecule has 16 aromatic rings. The van der Waals surface area contributed by atoms with Gasteiger partial charge in [-0.1, -0.05) is 268 Å². The molecule has 2 heteroatoms. The van der Waals surface area contributed by atoms with Crippen LogP contribution in [0.2, 0.25) is 13.1 Å². The summed E-state index contributed by atoms with van der Waals surface area (Å²) in [5.74, 6) is 0. The number of fused-ring (bicyclic) bond motifs is 10.